The number of fused-ring (bicyclic) bond motifs is 1. The van der Waals surface area contributed by atoms with Crippen LogP contribution in [-0.4, -0.2) is 51.8 Å². The van der Waals surface area contributed by atoms with Crippen molar-refractivity contribution in [2.45, 2.75) is 32.4 Å². The molecule has 1 amide bonds. The van der Waals surface area contributed by atoms with E-state index in [4.69, 9.17) is 23.2 Å². The van der Waals surface area contributed by atoms with E-state index in [1.807, 2.05) is 23.1 Å². The number of nitrogens with zero attached hydrogens (tertiary/aromatic N) is 4. The quantitative estimate of drug-likeness (QED) is 0.758. The first-order valence-electron chi connectivity index (χ1n) is 9.29. The molecule has 1 aliphatic carbocycles. The van der Waals surface area contributed by atoms with Crippen molar-refractivity contribution >= 4 is 29.2 Å². The Labute approximate surface area is 169 Å². The molecule has 1 aromatic heterocycles. The van der Waals surface area contributed by atoms with E-state index in [0.717, 1.165) is 43.1 Å². The summed E-state index contributed by atoms with van der Waals surface area (Å²) < 4.78 is 1.34. The van der Waals surface area contributed by atoms with Crippen LogP contribution in [0.3, 0.4) is 0 Å². The van der Waals surface area contributed by atoms with Gasteiger partial charge in [0.15, 0.2) is 0 Å². The molecule has 2 fully saturated rings. The standard InChI is InChI=1S/C20H24Cl2N4O/c1-20-8-17(24(2)10-14-5-3-4-6-18(14)22)7-15(20)11-25(13-20)19(27)26-12-16(21)9-23-26/h3-6,9,12,15,17H,7-8,10-11,13H2,1-2H3. The van der Waals surface area contributed by atoms with E-state index in [2.05, 4.69) is 30.0 Å². The highest BCUT2D eigenvalue weighted by Crippen LogP contribution is 2.49. The van der Waals surface area contributed by atoms with Gasteiger partial charge < -0.3 is 4.90 Å². The lowest BCUT2D eigenvalue weighted by Crippen LogP contribution is -2.37. The summed E-state index contributed by atoms with van der Waals surface area (Å²) in [6.45, 7) is 4.71. The molecule has 0 radical (unpaired) electrons. The zero-order chi connectivity index (χ0) is 19.2. The van der Waals surface area contributed by atoms with Crippen molar-refractivity contribution in [1.82, 2.24) is 19.6 Å². The van der Waals surface area contributed by atoms with Gasteiger partial charge >= 0.3 is 6.03 Å². The first-order chi connectivity index (χ1) is 12.9. The maximum absolute atomic E-state index is 12.7. The van der Waals surface area contributed by atoms with Gasteiger partial charge in [-0.05, 0) is 42.9 Å². The zero-order valence-electron chi connectivity index (χ0n) is 15.6. The van der Waals surface area contributed by atoms with Crippen molar-refractivity contribution in [3.63, 3.8) is 0 Å². The summed E-state index contributed by atoms with van der Waals surface area (Å²) in [5, 5.41) is 5.35. The van der Waals surface area contributed by atoms with Crippen LogP contribution in [0.15, 0.2) is 36.7 Å². The van der Waals surface area contributed by atoms with Crippen molar-refractivity contribution < 1.29 is 4.79 Å². The molecule has 3 unspecified atom stereocenters. The van der Waals surface area contributed by atoms with Crippen LogP contribution in [0, 0.1) is 11.3 Å². The lowest BCUT2D eigenvalue weighted by atomic mass is 9.83. The van der Waals surface area contributed by atoms with Crippen LogP contribution in [0.2, 0.25) is 10.0 Å². The van der Waals surface area contributed by atoms with Crippen LogP contribution in [0.4, 0.5) is 4.79 Å². The van der Waals surface area contributed by atoms with Crippen molar-refractivity contribution in [2.75, 3.05) is 20.1 Å². The van der Waals surface area contributed by atoms with Crippen LogP contribution in [-0.2, 0) is 6.54 Å². The molecule has 0 bridgehead atoms. The molecule has 1 saturated heterocycles. The Bertz CT molecular complexity index is 854. The van der Waals surface area contributed by atoms with E-state index < -0.39 is 0 Å². The molecule has 27 heavy (non-hydrogen) atoms. The molecule has 2 aromatic rings. The Balaban J connectivity index is 1.40. The third-order valence-corrected chi connectivity index (χ3v) is 6.82. The van der Waals surface area contributed by atoms with Crippen LogP contribution >= 0.6 is 23.2 Å². The average Bonchev–Trinajstić information content (AvgIpc) is 3.27. The number of carbonyl (C=O) groups excluding carboxylic acids is 1. The summed E-state index contributed by atoms with van der Waals surface area (Å²) in [6, 6.07) is 8.45. The lowest BCUT2D eigenvalue weighted by Gasteiger charge is -2.29. The first-order valence-corrected chi connectivity index (χ1v) is 10.0. The van der Waals surface area contributed by atoms with Gasteiger partial charge in [0, 0.05) is 30.7 Å². The van der Waals surface area contributed by atoms with E-state index in [-0.39, 0.29) is 11.4 Å². The summed E-state index contributed by atoms with van der Waals surface area (Å²) in [5.74, 6) is 0.506. The highest BCUT2D eigenvalue weighted by atomic mass is 35.5. The number of rotatable bonds is 3. The van der Waals surface area contributed by atoms with Gasteiger partial charge in [0.1, 0.15) is 0 Å². The topological polar surface area (TPSA) is 41.4 Å². The van der Waals surface area contributed by atoms with E-state index >= 15 is 0 Å². The van der Waals surface area contributed by atoms with Crippen LogP contribution in [0.1, 0.15) is 25.3 Å². The molecule has 3 atom stereocenters. The molecule has 1 aromatic carbocycles. The van der Waals surface area contributed by atoms with Crippen LogP contribution in [0.25, 0.3) is 0 Å². The predicted molar refractivity (Wildman–Crippen MR) is 107 cm³/mol. The highest BCUT2D eigenvalue weighted by molar-refractivity contribution is 6.31. The minimum absolute atomic E-state index is 0.0847. The third-order valence-electron chi connectivity index (χ3n) is 6.26. The summed E-state index contributed by atoms with van der Waals surface area (Å²) in [6.07, 6.45) is 5.25. The minimum atomic E-state index is -0.0847. The molecular formula is C20H24Cl2N4O. The molecular weight excluding hydrogens is 383 g/mol. The SMILES string of the molecule is CN(Cc1ccccc1Cl)C1CC2CN(C(=O)n3cc(Cl)cn3)CC2(C)C1. The first kappa shape index (κ1) is 18.8. The molecule has 2 aliphatic rings. The average molecular weight is 407 g/mol. The van der Waals surface area contributed by atoms with Gasteiger partial charge in [-0.1, -0.05) is 48.3 Å². The zero-order valence-corrected chi connectivity index (χ0v) is 17.1. The fourth-order valence-electron chi connectivity index (χ4n) is 4.71. The molecule has 7 heteroatoms. The van der Waals surface area contributed by atoms with E-state index in [9.17, 15) is 4.79 Å². The van der Waals surface area contributed by atoms with Gasteiger partial charge in [0.2, 0.25) is 0 Å². The number of amides is 1. The van der Waals surface area contributed by atoms with Gasteiger partial charge in [-0.3, -0.25) is 4.90 Å². The van der Waals surface area contributed by atoms with Gasteiger partial charge in [-0.15, -0.1) is 0 Å². The van der Waals surface area contributed by atoms with E-state index in [1.165, 1.54) is 10.9 Å². The Morgan fingerprint density at radius 3 is 2.81 bits per heavy atom. The van der Waals surface area contributed by atoms with Gasteiger partial charge in [-0.25, -0.2) is 4.79 Å². The molecule has 1 saturated carbocycles. The fourth-order valence-corrected chi connectivity index (χ4v) is 5.04. The largest absolute Gasteiger partial charge is 0.344 e. The fraction of sp³-hybridized carbons (Fsp3) is 0.500. The Hall–Kier alpha value is -1.56. The molecule has 2 heterocycles. The molecule has 0 spiro atoms. The Morgan fingerprint density at radius 2 is 2.15 bits per heavy atom. The predicted octanol–water partition coefficient (Wildman–Crippen LogP) is 4.39. The van der Waals surface area contributed by atoms with Crippen molar-refractivity contribution in [3.05, 3.63) is 52.3 Å². The highest BCUT2D eigenvalue weighted by Gasteiger charge is 2.51. The van der Waals surface area contributed by atoms with Crippen LogP contribution < -0.4 is 0 Å². The molecule has 1 aliphatic heterocycles. The Kier molecular flexibility index (Phi) is 4.95. The van der Waals surface area contributed by atoms with Gasteiger partial charge in [0.05, 0.1) is 17.4 Å². The van der Waals surface area contributed by atoms with Crippen molar-refractivity contribution in [2.24, 2.45) is 11.3 Å². The summed E-state index contributed by atoms with van der Waals surface area (Å²) in [4.78, 5) is 17.0. The summed E-state index contributed by atoms with van der Waals surface area (Å²) in [5.41, 5.74) is 1.31. The Morgan fingerprint density at radius 1 is 1.37 bits per heavy atom. The maximum atomic E-state index is 12.7. The van der Waals surface area contributed by atoms with Crippen LogP contribution in [0.5, 0.6) is 0 Å². The number of hydrogen-bond donors (Lipinski definition) is 0. The van der Waals surface area contributed by atoms with Crippen molar-refractivity contribution in [1.29, 1.82) is 0 Å². The van der Waals surface area contributed by atoms with Gasteiger partial charge in [-0.2, -0.15) is 9.78 Å². The van der Waals surface area contributed by atoms with Crippen molar-refractivity contribution in [3.8, 4) is 0 Å². The maximum Gasteiger partial charge on any atom is 0.344 e. The second-order valence-electron chi connectivity index (χ2n) is 8.22. The molecule has 144 valence electrons. The summed E-state index contributed by atoms with van der Waals surface area (Å²) in [7, 11) is 2.17. The van der Waals surface area contributed by atoms with E-state index in [1.54, 1.807) is 6.20 Å². The smallest absolute Gasteiger partial charge is 0.322 e. The normalized spacial score (nSPS) is 27.4. The number of likely N-dealkylation sites (tertiary alicyclic amines) is 1. The van der Waals surface area contributed by atoms with E-state index in [0.29, 0.717) is 17.0 Å². The summed E-state index contributed by atoms with van der Waals surface area (Å²) >= 11 is 12.2. The minimum Gasteiger partial charge on any atom is -0.322 e. The number of aromatic nitrogens is 2. The number of halogens is 2. The second kappa shape index (κ2) is 7.12. The molecule has 4 rings (SSSR count). The monoisotopic (exact) mass is 406 g/mol. The number of hydrogen-bond acceptors (Lipinski definition) is 3. The number of carbonyl (C=O) groups is 1. The number of benzene rings is 1. The molecule has 0 N–H and O–H groups in total. The molecule has 5 nitrogen and oxygen atoms in total. The third kappa shape index (κ3) is 3.60. The second-order valence-corrected chi connectivity index (χ2v) is 9.06. The lowest BCUT2D eigenvalue weighted by molar-refractivity contribution is 0.182. The van der Waals surface area contributed by atoms with Gasteiger partial charge in [0.25, 0.3) is 0 Å².